The van der Waals surface area contributed by atoms with Gasteiger partial charge in [-0.05, 0) is 42.5 Å². The van der Waals surface area contributed by atoms with Crippen LogP contribution in [0, 0.1) is 0 Å². The lowest BCUT2D eigenvalue weighted by atomic mass is 10.1. The number of aromatic nitrogens is 1. The average molecular weight is 379 g/mol. The predicted molar refractivity (Wildman–Crippen MR) is 105 cm³/mol. The van der Waals surface area contributed by atoms with Gasteiger partial charge in [0.2, 0.25) is 0 Å². The van der Waals surface area contributed by atoms with E-state index in [0.717, 1.165) is 5.56 Å². The fourth-order valence-electron chi connectivity index (χ4n) is 2.25. The lowest BCUT2D eigenvalue weighted by molar-refractivity contribution is 0.0953. The molecular formula is C20H15ClN4O2. The molecule has 0 aliphatic carbocycles. The van der Waals surface area contributed by atoms with Gasteiger partial charge in [-0.2, -0.15) is 5.10 Å². The van der Waals surface area contributed by atoms with Crippen molar-refractivity contribution in [3.05, 3.63) is 94.8 Å². The van der Waals surface area contributed by atoms with E-state index in [9.17, 15) is 9.59 Å². The van der Waals surface area contributed by atoms with Crippen molar-refractivity contribution in [3.63, 3.8) is 0 Å². The molecule has 2 N–H and O–H groups in total. The average Bonchev–Trinajstić information content (AvgIpc) is 2.69. The summed E-state index contributed by atoms with van der Waals surface area (Å²) in [7, 11) is 0. The van der Waals surface area contributed by atoms with Crippen molar-refractivity contribution in [2.75, 3.05) is 5.32 Å². The van der Waals surface area contributed by atoms with Crippen LogP contribution in [0.4, 0.5) is 5.69 Å². The van der Waals surface area contributed by atoms with Gasteiger partial charge in [0.15, 0.2) is 0 Å². The Kier molecular flexibility index (Phi) is 5.91. The van der Waals surface area contributed by atoms with Crippen molar-refractivity contribution in [2.24, 2.45) is 5.10 Å². The van der Waals surface area contributed by atoms with Gasteiger partial charge >= 0.3 is 0 Å². The van der Waals surface area contributed by atoms with Crippen molar-refractivity contribution >= 4 is 35.3 Å². The van der Waals surface area contributed by atoms with Crippen LogP contribution in [0.15, 0.2) is 78.2 Å². The molecule has 0 fully saturated rings. The number of carbonyl (C=O) groups is 2. The molecule has 1 aromatic heterocycles. The van der Waals surface area contributed by atoms with Crippen molar-refractivity contribution in [3.8, 4) is 0 Å². The van der Waals surface area contributed by atoms with Crippen LogP contribution in [0.1, 0.15) is 26.3 Å². The van der Waals surface area contributed by atoms with Gasteiger partial charge in [-0.1, -0.05) is 29.8 Å². The number of carbonyl (C=O) groups excluding carboxylic acids is 2. The maximum Gasteiger partial charge on any atom is 0.271 e. The molecule has 0 aliphatic heterocycles. The molecule has 6 nitrogen and oxygen atoms in total. The molecule has 134 valence electrons. The summed E-state index contributed by atoms with van der Waals surface area (Å²) in [6.07, 6.45) is 4.77. The Morgan fingerprint density at radius 1 is 0.963 bits per heavy atom. The molecule has 0 saturated carbocycles. The Balaban J connectivity index is 1.65. The molecule has 0 spiro atoms. The van der Waals surface area contributed by atoms with E-state index in [2.05, 4.69) is 20.8 Å². The molecule has 3 rings (SSSR count). The molecule has 2 aromatic carbocycles. The lowest BCUT2D eigenvalue weighted by Gasteiger charge is -2.07. The first kappa shape index (κ1) is 18.3. The van der Waals surface area contributed by atoms with Crippen LogP contribution in [0.3, 0.4) is 0 Å². The summed E-state index contributed by atoms with van der Waals surface area (Å²) in [5.41, 5.74) is 4.49. The number of hydrazone groups is 1. The maximum atomic E-state index is 12.3. The van der Waals surface area contributed by atoms with Crippen LogP contribution in [0.2, 0.25) is 5.02 Å². The molecule has 0 saturated heterocycles. The monoisotopic (exact) mass is 378 g/mol. The van der Waals surface area contributed by atoms with E-state index in [1.807, 2.05) is 6.07 Å². The molecule has 0 aliphatic rings. The zero-order valence-electron chi connectivity index (χ0n) is 14.1. The Morgan fingerprint density at radius 2 is 1.74 bits per heavy atom. The first-order chi connectivity index (χ1) is 13.1. The van der Waals surface area contributed by atoms with Crippen LogP contribution in [0.25, 0.3) is 0 Å². The van der Waals surface area contributed by atoms with E-state index in [1.165, 1.54) is 6.21 Å². The number of hydrogen-bond acceptors (Lipinski definition) is 4. The minimum Gasteiger partial charge on any atom is -0.322 e. The SMILES string of the molecule is O=C(N/N=C/c1cccnc1)c1cccc(NC(=O)c2cccc(Cl)c2)c1. The molecule has 2 amide bonds. The molecule has 1 heterocycles. The second-order valence-corrected chi connectivity index (χ2v) is 5.97. The number of rotatable bonds is 5. The molecule has 27 heavy (non-hydrogen) atoms. The van der Waals surface area contributed by atoms with E-state index in [0.29, 0.717) is 21.8 Å². The standard InChI is InChI=1S/C20H15ClN4O2/c21-17-7-1-5-15(10-17)19(26)24-18-8-2-6-16(11-18)20(27)25-23-13-14-4-3-9-22-12-14/h1-13H,(H,24,26)(H,25,27)/b23-13+. The molecular weight excluding hydrogens is 364 g/mol. The van der Waals surface area contributed by atoms with E-state index < -0.39 is 5.91 Å². The summed E-state index contributed by atoms with van der Waals surface area (Å²) in [6.45, 7) is 0. The number of pyridine rings is 1. The number of halogens is 1. The molecule has 0 bridgehead atoms. The highest BCUT2D eigenvalue weighted by molar-refractivity contribution is 6.31. The third kappa shape index (κ3) is 5.23. The number of benzene rings is 2. The molecule has 0 atom stereocenters. The van der Waals surface area contributed by atoms with Gasteiger partial charge in [-0.25, -0.2) is 5.43 Å². The van der Waals surface area contributed by atoms with Crippen molar-refractivity contribution in [2.45, 2.75) is 0 Å². The summed E-state index contributed by atoms with van der Waals surface area (Å²) in [5.74, 6) is -0.710. The number of nitrogens with zero attached hydrogens (tertiary/aromatic N) is 2. The molecule has 0 radical (unpaired) electrons. The highest BCUT2D eigenvalue weighted by atomic mass is 35.5. The third-order valence-electron chi connectivity index (χ3n) is 3.53. The smallest absolute Gasteiger partial charge is 0.271 e. The van der Waals surface area contributed by atoms with Crippen LogP contribution in [-0.4, -0.2) is 23.0 Å². The minimum absolute atomic E-state index is 0.315. The number of amides is 2. The summed E-state index contributed by atoms with van der Waals surface area (Å²) in [6, 6.07) is 16.8. The van der Waals surface area contributed by atoms with E-state index in [4.69, 9.17) is 11.6 Å². The zero-order valence-corrected chi connectivity index (χ0v) is 14.9. The topological polar surface area (TPSA) is 83.4 Å². The van der Waals surface area contributed by atoms with Gasteiger partial charge in [0.25, 0.3) is 11.8 Å². The van der Waals surface area contributed by atoms with Crippen molar-refractivity contribution in [1.82, 2.24) is 10.4 Å². The maximum absolute atomic E-state index is 12.3. The fourth-order valence-corrected chi connectivity index (χ4v) is 2.44. The van der Waals surface area contributed by atoms with Crippen molar-refractivity contribution in [1.29, 1.82) is 0 Å². The van der Waals surface area contributed by atoms with Gasteiger partial charge in [-0.3, -0.25) is 14.6 Å². The Labute approximate surface area is 160 Å². The number of hydrogen-bond donors (Lipinski definition) is 2. The quantitative estimate of drug-likeness (QED) is 0.524. The largest absolute Gasteiger partial charge is 0.322 e. The first-order valence-electron chi connectivity index (χ1n) is 8.02. The zero-order chi connectivity index (χ0) is 19.1. The second kappa shape index (κ2) is 8.73. The fraction of sp³-hybridized carbons (Fsp3) is 0. The van der Waals surface area contributed by atoms with Gasteiger partial charge in [0, 0.05) is 39.8 Å². The normalized spacial score (nSPS) is 10.6. The van der Waals surface area contributed by atoms with Crippen LogP contribution >= 0.6 is 11.6 Å². The second-order valence-electron chi connectivity index (χ2n) is 5.53. The highest BCUT2D eigenvalue weighted by Crippen LogP contribution is 2.15. The van der Waals surface area contributed by atoms with E-state index >= 15 is 0 Å². The lowest BCUT2D eigenvalue weighted by Crippen LogP contribution is -2.18. The van der Waals surface area contributed by atoms with Gasteiger partial charge in [0.1, 0.15) is 0 Å². The summed E-state index contributed by atoms with van der Waals surface area (Å²) in [5, 5.41) is 7.11. The summed E-state index contributed by atoms with van der Waals surface area (Å²) >= 11 is 5.90. The van der Waals surface area contributed by atoms with Crippen molar-refractivity contribution < 1.29 is 9.59 Å². The van der Waals surface area contributed by atoms with Gasteiger partial charge < -0.3 is 5.32 Å². The molecule has 0 unspecified atom stereocenters. The highest BCUT2D eigenvalue weighted by Gasteiger charge is 2.09. The van der Waals surface area contributed by atoms with Gasteiger partial charge in [-0.15, -0.1) is 0 Å². The Bertz CT molecular complexity index is 990. The van der Waals surface area contributed by atoms with Gasteiger partial charge in [0.05, 0.1) is 6.21 Å². The number of nitrogens with one attached hydrogen (secondary N) is 2. The van der Waals surface area contributed by atoms with Crippen LogP contribution in [0.5, 0.6) is 0 Å². The minimum atomic E-state index is -0.394. The number of anilines is 1. The van der Waals surface area contributed by atoms with E-state index in [-0.39, 0.29) is 5.91 Å². The van der Waals surface area contributed by atoms with Crippen LogP contribution < -0.4 is 10.7 Å². The van der Waals surface area contributed by atoms with E-state index in [1.54, 1.807) is 67.0 Å². The summed E-state index contributed by atoms with van der Waals surface area (Å²) in [4.78, 5) is 28.5. The Morgan fingerprint density at radius 3 is 2.48 bits per heavy atom. The van der Waals surface area contributed by atoms with Crippen LogP contribution in [-0.2, 0) is 0 Å². The predicted octanol–water partition coefficient (Wildman–Crippen LogP) is 3.75. The Hall–Kier alpha value is -3.51. The third-order valence-corrected chi connectivity index (χ3v) is 3.77. The summed E-state index contributed by atoms with van der Waals surface area (Å²) < 4.78 is 0. The first-order valence-corrected chi connectivity index (χ1v) is 8.40. The molecule has 3 aromatic rings. The molecule has 7 heteroatoms.